The zero-order chi connectivity index (χ0) is 14.0. The molecule has 1 atom stereocenters. The van der Waals surface area contributed by atoms with E-state index >= 15 is 0 Å². The van der Waals surface area contributed by atoms with Crippen LogP contribution >= 0.6 is 27.5 Å². The van der Waals surface area contributed by atoms with Gasteiger partial charge in [0.25, 0.3) is 0 Å². The quantitative estimate of drug-likeness (QED) is 0.910. The topological polar surface area (TPSA) is 33.1 Å². The third-order valence-electron chi connectivity index (χ3n) is 2.88. The summed E-state index contributed by atoms with van der Waals surface area (Å²) in [5, 5.41) is 11.0. The van der Waals surface area contributed by atoms with Crippen molar-refractivity contribution < 1.29 is 9.50 Å². The molecule has 0 aliphatic heterocycles. The summed E-state index contributed by atoms with van der Waals surface area (Å²) in [5.74, 6) is -0.473. The molecule has 0 aliphatic rings. The van der Waals surface area contributed by atoms with Gasteiger partial charge < -0.3 is 5.11 Å². The molecule has 1 unspecified atom stereocenters. The van der Waals surface area contributed by atoms with Gasteiger partial charge in [-0.15, -0.1) is 0 Å². The molecule has 0 radical (unpaired) electrons. The largest absolute Gasteiger partial charge is 0.385 e. The molecule has 2 nitrogen and oxygen atoms in total. The summed E-state index contributed by atoms with van der Waals surface area (Å²) in [6.45, 7) is 1.61. The van der Waals surface area contributed by atoms with E-state index in [1.54, 1.807) is 13.0 Å². The lowest BCUT2D eigenvalue weighted by Crippen LogP contribution is -2.24. The average Bonchev–Trinajstić information content (AvgIpc) is 2.33. The molecular weight excluding hydrogens is 333 g/mol. The predicted octanol–water partition coefficient (Wildman–Crippen LogP) is 4.09. The summed E-state index contributed by atoms with van der Waals surface area (Å²) in [6, 6.07) is 6.71. The number of rotatable bonds is 3. The van der Waals surface area contributed by atoms with E-state index in [1.165, 1.54) is 12.3 Å². The van der Waals surface area contributed by atoms with Crippen molar-refractivity contribution in [2.24, 2.45) is 0 Å². The van der Waals surface area contributed by atoms with Gasteiger partial charge in [-0.3, -0.25) is 4.98 Å². The summed E-state index contributed by atoms with van der Waals surface area (Å²) in [6.07, 6.45) is 2.84. The molecule has 19 heavy (non-hydrogen) atoms. The van der Waals surface area contributed by atoms with Crippen LogP contribution in [0.2, 0.25) is 5.02 Å². The number of nitrogens with zero attached hydrogens (tertiary/aromatic N) is 1. The van der Waals surface area contributed by atoms with Crippen molar-refractivity contribution in [3.8, 4) is 0 Å². The third-order valence-corrected chi connectivity index (χ3v) is 3.72. The van der Waals surface area contributed by atoms with Crippen molar-refractivity contribution >= 4 is 27.5 Å². The molecule has 0 saturated carbocycles. The van der Waals surface area contributed by atoms with E-state index in [0.717, 1.165) is 16.2 Å². The second-order valence-electron chi connectivity index (χ2n) is 4.58. The van der Waals surface area contributed by atoms with Gasteiger partial charge in [0.15, 0.2) is 0 Å². The van der Waals surface area contributed by atoms with Crippen molar-refractivity contribution in [1.82, 2.24) is 4.98 Å². The zero-order valence-corrected chi connectivity index (χ0v) is 12.5. The maximum atomic E-state index is 13.2. The first kappa shape index (κ1) is 14.4. The molecule has 0 aliphatic carbocycles. The van der Waals surface area contributed by atoms with Gasteiger partial charge in [0.2, 0.25) is 0 Å². The Balaban J connectivity index is 2.30. The van der Waals surface area contributed by atoms with Gasteiger partial charge in [-0.2, -0.15) is 0 Å². The van der Waals surface area contributed by atoms with E-state index in [1.807, 2.05) is 12.1 Å². The minimum absolute atomic E-state index is 0.282. The Hall–Kier alpha value is -0.970. The molecule has 0 spiro atoms. The van der Waals surface area contributed by atoms with Gasteiger partial charge in [0, 0.05) is 27.7 Å². The molecule has 2 rings (SSSR count). The smallest absolute Gasteiger partial charge is 0.141 e. The highest BCUT2D eigenvalue weighted by Gasteiger charge is 2.25. The Morgan fingerprint density at radius 3 is 2.74 bits per heavy atom. The monoisotopic (exact) mass is 343 g/mol. The lowest BCUT2D eigenvalue weighted by atomic mass is 9.90. The minimum atomic E-state index is -1.23. The molecule has 1 aromatic carbocycles. The Labute approximate surface area is 124 Å². The van der Waals surface area contributed by atoms with Crippen LogP contribution in [-0.2, 0) is 12.0 Å². The molecule has 1 N–H and O–H groups in total. The highest BCUT2D eigenvalue weighted by Crippen LogP contribution is 2.30. The van der Waals surface area contributed by atoms with E-state index < -0.39 is 11.4 Å². The van der Waals surface area contributed by atoms with Crippen molar-refractivity contribution in [3.63, 3.8) is 0 Å². The Morgan fingerprint density at radius 2 is 2.11 bits per heavy atom. The minimum Gasteiger partial charge on any atom is -0.385 e. The summed E-state index contributed by atoms with van der Waals surface area (Å²) < 4.78 is 14.0. The lowest BCUT2D eigenvalue weighted by molar-refractivity contribution is 0.0569. The molecule has 0 amide bonds. The highest BCUT2D eigenvalue weighted by atomic mass is 79.9. The van der Waals surface area contributed by atoms with Crippen molar-refractivity contribution in [2.45, 2.75) is 18.9 Å². The number of pyridine rings is 1. The maximum absolute atomic E-state index is 13.2. The van der Waals surface area contributed by atoms with Crippen LogP contribution in [0, 0.1) is 5.82 Å². The fraction of sp³-hybridized carbons (Fsp3) is 0.214. The summed E-state index contributed by atoms with van der Waals surface area (Å²) in [7, 11) is 0. The summed E-state index contributed by atoms with van der Waals surface area (Å²) in [4.78, 5) is 3.75. The molecule has 0 fully saturated rings. The number of benzene rings is 1. The molecule has 2 aromatic rings. The molecule has 1 heterocycles. The van der Waals surface area contributed by atoms with Crippen LogP contribution in [-0.4, -0.2) is 10.1 Å². The first-order valence-electron chi connectivity index (χ1n) is 5.66. The predicted molar refractivity (Wildman–Crippen MR) is 76.6 cm³/mol. The highest BCUT2D eigenvalue weighted by molar-refractivity contribution is 9.10. The molecule has 5 heteroatoms. The van der Waals surface area contributed by atoms with Crippen molar-refractivity contribution in [2.75, 3.05) is 0 Å². The molecule has 0 bridgehead atoms. The Bertz CT molecular complexity index is 604. The molecule has 100 valence electrons. The van der Waals surface area contributed by atoms with Gasteiger partial charge in [0.05, 0.1) is 11.8 Å². The first-order chi connectivity index (χ1) is 8.88. The van der Waals surface area contributed by atoms with Crippen LogP contribution in [0.4, 0.5) is 4.39 Å². The summed E-state index contributed by atoms with van der Waals surface area (Å²) in [5.41, 5.74) is -0.0161. The van der Waals surface area contributed by atoms with Crippen LogP contribution in [0.5, 0.6) is 0 Å². The van der Waals surface area contributed by atoms with Gasteiger partial charge in [-0.05, 0) is 30.7 Å². The van der Waals surface area contributed by atoms with Crippen LogP contribution < -0.4 is 0 Å². The van der Waals surface area contributed by atoms with Crippen LogP contribution in [0.1, 0.15) is 18.1 Å². The first-order valence-corrected chi connectivity index (χ1v) is 6.83. The number of aliphatic hydroxyl groups is 1. The number of aromatic nitrogens is 1. The maximum Gasteiger partial charge on any atom is 0.141 e. The normalized spacial score (nSPS) is 14.2. The fourth-order valence-electron chi connectivity index (χ4n) is 1.84. The third kappa shape index (κ3) is 3.53. The zero-order valence-electron chi connectivity index (χ0n) is 10.2. The van der Waals surface area contributed by atoms with E-state index in [-0.39, 0.29) is 6.42 Å². The Kier molecular flexibility index (Phi) is 4.23. The van der Waals surface area contributed by atoms with Crippen molar-refractivity contribution in [1.29, 1.82) is 0 Å². The number of hydrogen-bond donors (Lipinski definition) is 1. The average molecular weight is 345 g/mol. The van der Waals surface area contributed by atoms with Gasteiger partial charge >= 0.3 is 0 Å². The van der Waals surface area contributed by atoms with Crippen molar-refractivity contribution in [3.05, 3.63) is 63.1 Å². The molecule has 0 saturated heterocycles. The van der Waals surface area contributed by atoms with Crippen LogP contribution in [0.15, 0.2) is 41.1 Å². The SMILES string of the molecule is CC(O)(Cc1ccc(Br)cc1Cl)c1cncc(F)c1. The fourth-order valence-corrected chi connectivity index (χ4v) is 2.58. The lowest BCUT2D eigenvalue weighted by Gasteiger charge is -2.24. The van der Waals surface area contributed by atoms with E-state index in [4.69, 9.17) is 11.6 Å². The van der Waals surface area contributed by atoms with E-state index in [9.17, 15) is 9.50 Å². The van der Waals surface area contributed by atoms with Gasteiger partial charge in [0.1, 0.15) is 5.82 Å². The second kappa shape index (κ2) is 5.57. The molecule has 1 aromatic heterocycles. The van der Waals surface area contributed by atoms with E-state index in [0.29, 0.717) is 10.6 Å². The number of hydrogen-bond acceptors (Lipinski definition) is 2. The van der Waals surface area contributed by atoms with Gasteiger partial charge in [-0.25, -0.2) is 4.39 Å². The molecular formula is C14H12BrClFNO. The second-order valence-corrected chi connectivity index (χ2v) is 5.90. The van der Waals surface area contributed by atoms with Crippen LogP contribution in [0.25, 0.3) is 0 Å². The summed E-state index contributed by atoms with van der Waals surface area (Å²) >= 11 is 9.45. The standard InChI is InChI=1S/C14H12BrClFNO/c1-14(19,10-4-12(17)8-18-7-10)6-9-2-3-11(15)5-13(9)16/h2-5,7-8,19H,6H2,1H3. The number of halogens is 3. The van der Waals surface area contributed by atoms with E-state index in [2.05, 4.69) is 20.9 Å². The van der Waals surface area contributed by atoms with Gasteiger partial charge in [-0.1, -0.05) is 33.6 Å². The Morgan fingerprint density at radius 1 is 1.37 bits per heavy atom. The van der Waals surface area contributed by atoms with Crippen LogP contribution in [0.3, 0.4) is 0 Å².